The molecule has 0 amide bonds. The molecule has 4 aromatic rings. The molecule has 12 heteroatoms. The normalized spacial score (nSPS) is 12.9. The largest absolute Gasteiger partial charge is 0.507 e. The molecule has 0 bridgehead atoms. The van der Waals surface area contributed by atoms with Crippen LogP contribution >= 0.6 is 0 Å². The average Bonchev–Trinajstić information content (AvgIpc) is 2.71. The fourth-order valence-corrected chi connectivity index (χ4v) is 4.05. The van der Waals surface area contributed by atoms with Crippen molar-refractivity contribution in [3.63, 3.8) is 0 Å². The molecule has 5 nitrogen and oxygen atoms in total. The van der Waals surface area contributed by atoms with Gasteiger partial charge in [0.2, 0.25) is 0 Å². The molecule has 0 radical (unpaired) electrons. The minimum atomic E-state index is -5.11. The lowest BCUT2D eigenvalue weighted by atomic mass is 9.91. The van der Waals surface area contributed by atoms with E-state index in [-0.39, 0.29) is 32.7 Å². The average molecular weight is 502 g/mol. The zero-order chi connectivity index (χ0) is 25.1. The van der Waals surface area contributed by atoms with E-state index in [0.29, 0.717) is 6.07 Å². The van der Waals surface area contributed by atoms with Gasteiger partial charge in [0, 0.05) is 11.1 Å². The van der Waals surface area contributed by atoms with Crippen molar-refractivity contribution in [3.8, 4) is 22.6 Å². The van der Waals surface area contributed by atoms with Crippen LogP contribution in [0.15, 0.2) is 60.7 Å². The summed E-state index contributed by atoms with van der Waals surface area (Å²) < 4.78 is 116. The summed E-state index contributed by atoms with van der Waals surface area (Å²) in [6.07, 6.45) is -9.35. The molecule has 2 N–H and O–H groups in total. The SMILES string of the molecule is O=S(=O)(O)Oc1ccc2cc(C(F)(F)F)ccc2c1-c1c(O)ccc2cc(C(F)(F)F)ccc12. The Morgan fingerprint density at radius 1 is 0.676 bits per heavy atom. The van der Waals surface area contributed by atoms with Crippen molar-refractivity contribution in [2.75, 3.05) is 0 Å². The van der Waals surface area contributed by atoms with Crippen LogP contribution in [0.5, 0.6) is 11.5 Å². The topological polar surface area (TPSA) is 83.8 Å². The van der Waals surface area contributed by atoms with Gasteiger partial charge < -0.3 is 9.29 Å². The lowest BCUT2D eigenvalue weighted by Crippen LogP contribution is -2.08. The van der Waals surface area contributed by atoms with Gasteiger partial charge in [-0.2, -0.15) is 34.8 Å². The number of halogens is 6. The third kappa shape index (κ3) is 4.46. The van der Waals surface area contributed by atoms with Crippen LogP contribution < -0.4 is 4.18 Å². The number of alkyl halides is 6. The molecule has 0 aliphatic carbocycles. The molecule has 34 heavy (non-hydrogen) atoms. The number of fused-ring (bicyclic) bond motifs is 2. The van der Waals surface area contributed by atoms with Gasteiger partial charge in [-0.25, -0.2) is 0 Å². The van der Waals surface area contributed by atoms with Gasteiger partial charge in [0.1, 0.15) is 5.75 Å². The first-order valence-corrected chi connectivity index (χ1v) is 10.7. The Kier molecular flexibility index (Phi) is 5.41. The molecule has 0 saturated heterocycles. The van der Waals surface area contributed by atoms with Crippen LogP contribution in [0.3, 0.4) is 0 Å². The van der Waals surface area contributed by atoms with Crippen LogP contribution in [0, 0.1) is 0 Å². The summed E-state index contributed by atoms with van der Waals surface area (Å²) in [7, 11) is -5.11. The van der Waals surface area contributed by atoms with Gasteiger partial charge in [-0.15, -0.1) is 0 Å². The molecule has 4 rings (SSSR count). The van der Waals surface area contributed by atoms with E-state index >= 15 is 0 Å². The van der Waals surface area contributed by atoms with E-state index in [2.05, 4.69) is 4.18 Å². The maximum atomic E-state index is 13.2. The summed E-state index contributed by atoms with van der Waals surface area (Å²) in [5, 5.41) is 10.6. The van der Waals surface area contributed by atoms with Crippen LogP contribution in [-0.2, 0) is 22.8 Å². The van der Waals surface area contributed by atoms with E-state index in [4.69, 9.17) is 0 Å². The second-order valence-electron chi connectivity index (χ2n) is 7.28. The first kappa shape index (κ1) is 23.6. The van der Waals surface area contributed by atoms with Crippen LogP contribution in [0.2, 0.25) is 0 Å². The first-order chi connectivity index (χ1) is 15.6. The predicted octanol–water partition coefficient (Wildman–Crippen LogP) is 6.58. The van der Waals surface area contributed by atoms with E-state index < -0.39 is 45.4 Å². The lowest BCUT2D eigenvalue weighted by Gasteiger charge is -2.17. The predicted molar refractivity (Wildman–Crippen MR) is 111 cm³/mol. The number of aromatic hydroxyl groups is 1. The summed E-state index contributed by atoms with van der Waals surface area (Å²) in [5.41, 5.74) is -2.44. The zero-order valence-electron chi connectivity index (χ0n) is 16.6. The van der Waals surface area contributed by atoms with Crippen molar-refractivity contribution in [1.82, 2.24) is 0 Å². The third-order valence-corrected chi connectivity index (χ3v) is 5.47. The summed E-state index contributed by atoms with van der Waals surface area (Å²) in [4.78, 5) is 0. The van der Waals surface area contributed by atoms with Crippen molar-refractivity contribution in [2.24, 2.45) is 0 Å². The molecule has 0 saturated carbocycles. The molecule has 4 aromatic carbocycles. The molecule has 0 unspecified atom stereocenters. The van der Waals surface area contributed by atoms with Gasteiger partial charge in [0.15, 0.2) is 5.75 Å². The monoisotopic (exact) mass is 502 g/mol. The van der Waals surface area contributed by atoms with Crippen molar-refractivity contribution in [1.29, 1.82) is 0 Å². The smallest absolute Gasteiger partial charge is 0.446 e. The van der Waals surface area contributed by atoms with Gasteiger partial charge in [0.25, 0.3) is 0 Å². The van der Waals surface area contributed by atoms with Crippen molar-refractivity contribution in [2.45, 2.75) is 12.4 Å². The molecule has 0 aromatic heterocycles. The molecule has 0 spiro atoms. The highest BCUT2D eigenvalue weighted by Crippen LogP contribution is 2.47. The summed E-state index contributed by atoms with van der Waals surface area (Å²) in [5.74, 6) is -1.07. The second-order valence-corrected chi connectivity index (χ2v) is 8.30. The second kappa shape index (κ2) is 7.77. The maximum absolute atomic E-state index is 13.2. The first-order valence-electron chi connectivity index (χ1n) is 9.29. The van der Waals surface area contributed by atoms with Gasteiger partial charge in [0.05, 0.1) is 11.1 Å². The molecular weight excluding hydrogens is 490 g/mol. The van der Waals surface area contributed by atoms with Gasteiger partial charge in [-0.3, -0.25) is 4.55 Å². The minimum Gasteiger partial charge on any atom is -0.507 e. The highest BCUT2D eigenvalue weighted by atomic mass is 32.3. The fraction of sp³-hybridized carbons (Fsp3) is 0.0909. The Hall–Kier alpha value is -3.51. The summed E-state index contributed by atoms with van der Waals surface area (Å²) in [6, 6.07) is 9.40. The third-order valence-electron chi connectivity index (χ3n) is 5.08. The zero-order valence-corrected chi connectivity index (χ0v) is 17.4. The van der Waals surface area contributed by atoms with E-state index in [1.165, 1.54) is 6.07 Å². The Morgan fingerprint density at radius 2 is 1.15 bits per heavy atom. The Morgan fingerprint density at radius 3 is 1.62 bits per heavy atom. The van der Waals surface area contributed by atoms with E-state index in [1.807, 2.05) is 0 Å². The van der Waals surface area contributed by atoms with Gasteiger partial charge in [-0.1, -0.05) is 24.3 Å². The van der Waals surface area contributed by atoms with E-state index in [1.54, 1.807) is 0 Å². The number of benzene rings is 4. The lowest BCUT2D eigenvalue weighted by molar-refractivity contribution is -0.138. The van der Waals surface area contributed by atoms with Crippen LogP contribution in [0.25, 0.3) is 32.7 Å². The number of phenolic OH excluding ortho intramolecular Hbond substituents is 1. The Balaban J connectivity index is 2.11. The molecule has 0 atom stereocenters. The Labute approximate surface area is 187 Å². The maximum Gasteiger partial charge on any atom is 0.446 e. The number of phenols is 1. The van der Waals surface area contributed by atoms with Crippen LogP contribution in [0.1, 0.15) is 11.1 Å². The molecule has 0 heterocycles. The fourth-order valence-electron chi connectivity index (χ4n) is 3.68. The molecule has 0 fully saturated rings. The van der Waals surface area contributed by atoms with Gasteiger partial charge in [-0.05, 0) is 57.9 Å². The highest BCUT2D eigenvalue weighted by molar-refractivity contribution is 7.81. The van der Waals surface area contributed by atoms with E-state index in [9.17, 15) is 44.4 Å². The Bertz CT molecular complexity index is 1540. The molecule has 0 aliphatic rings. The van der Waals surface area contributed by atoms with Crippen molar-refractivity contribution >= 4 is 31.9 Å². The number of hydrogen-bond acceptors (Lipinski definition) is 4. The van der Waals surface area contributed by atoms with Crippen LogP contribution in [-0.4, -0.2) is 18.1 Å². The summed E-state index contributed by atoms with van der Waals surface area (Å²) in [6.45, 7) is 0. The number of rotatable bonds is 3. The van der Waals surface area contributed by atoms with Gasteiger partial charge >= 0.3 is 22.8 Å². The quantitative estimate of drug-likeness (QED) is 0.244. The van der Waals surface area contributed by atoms with E-state index in [0.717, 1.165) is 48.5 Å². The standard InChI is InChI=1S/C22H12F6O5S/c23-21(24,25)13-3-5-15-11(9-13)1-7-17(29)19(15)20-16-6-4-14(22(26,27)28)10-12(16)2-8-18(20)33-34(30,31)32/h1-10,29H,(H,30,31,32). The van der Waals surface area contributed by atoms with Crippen molar-refractivity contribution < 1.29 is 48.6 Å². The van der Waals surface area contributed by atoms with Crippen LogP contribution in [0.4, 0.5) is 26.3 Å². The minimum absolute atomic E-state index is 0.00402. The summed E-state index contributed by atoms with van der Waals surface area (Å²) >= 11 is 0. The molecule has 0 aliphatic heterocycles. The molecule has 178 valence electrons. The highest BCUT2D eigenvalue weighted by Gasteiger charge is 2.32. The van der Waals surface area contributed by atoms with Crippen molar-refractivity contribution in [3.05, 3.63) is 71.8 Å². The molecular formula is C22H12F6O5S. The number of hydrogen-bond donors (Lipinski definition) is 2.